The molecule has 0 aliphatic rings. The quantitative estimate of drug-likeness (QED) is 0.473. The molecule has 0 aromatic heterocycles. The van der Waals surface area contributed by atoms with E-state index in [0.29, 0.717) is 17.2 Å². The highest BCUT2D eigenvalue weighted by Gasteiger charge is 2.17. The highest BCUT2D eigenvalue weighted by atomic mass is 35.5. The van der Waals surface area contributed by atoms with Crippen LogP contribution in [-0.4, -0.2) is 31.8 Å². The molecule has 6 heteroatoms. The van der Waals surface area contributed by atoms with Gasteiger partial charge in [-0.05, 0) is 12.1 Å². The predicted molar refractivity (Wildman–Crippen MR) is 70.8 cm³/mol. The Hall–Kier alpha value is -0.580. The molecule has 0 atom stereocenters. The number of alkyl halides is 1. The summed E-state index contributed by atoms with van der Waals surface area (Å²) in [7, 11) is 2.81. The van der Waals surface area contributed by atoms with Gasteiger partial charge in [0.05, 0.1) is 29.7 Å². The van der Waals surface area contributed by atoms with E-state index in [4.69, 9.17) is 27.9 Å². The third-order valence-corrected chi connectivity index (χ3v) is 3.83. The summed E-state index contributed by atoms with van der Waals surface area (Å²) in [4.78, 5) is 12.3. The van der Waals surface area contributed by atoms with Gasteiger partial charge >= 0.3 is 5.97 Å². The van der Waals surface area contributed by atoms with Crippen LogP contribution < -0.4 is 4.74 Å². The first-order chi connectivity index (χ1) is 8.15. The first-order valence-electron chi connectivity index (χ1n) is 4.79. The second-order valence-corrected chi connectivity index (χ2v) is 4.88. The van der Waals surface area contributed by atoms with Crippen molar-refractivity contribution in [2.45, 2.75) is 4.90 Å². The summed E-state index contributed by atoms with van der Waals surface area (Å²) in [6.45, 7) is 0. The summed E-state index contributed by atoms with van der Waals surface area (Å²) in [6.07, 6.45) is 0. The Morgan fingerprint density at radius 1 is 1.41 bits per heavy atom. The number of methoxy groups -OCH3 is 2. The second-order valence-electron chi connectivity index (χ2n) is 2.99. The normalized spacial score (nSPS) is 10.1. The van der Waals surface area contributed by atoms with Crippen molar-refractivity contribution in [2.24, 2.45) is 0 Å². The molecule has 0 saturated heterocycles. The number of hydrogen-bond acceptors (Lipinski definition) is 4. The topological polar surface area (TPSA) is 35.5 Å². The maximum atomic E-state index is 11.4. The molecule has 0 spiro atoms. The highest BCUT2D eigenvalue weighted by molar-refractivity contribution is 7.99. The Bertz CT molecular complexity index is 410. The van der Waals surface area contributed by atoms with Crippen molar-refractivity contribution in [3.8, 4) is 5.75 Å². The van der Waals surface area contributed by atoms with Gasteiger partial charge in [0.1, 0.15) is 0 Å². The number of thioether (sulfide) groups is 1. The molecule has 0 amide bonds. The third-order valence-electron chi connectivity index (χ3n) is 2.01. The van der Waals surface area contributed by atoms with Crippen LogP contribution in [-0.2, 0) is 4.74 Å². The second kappa shape index (κ2) is 6.99. The smallest absolute Gasteiger partial charge is 0.339 e. The lowest BCUT2D eigenvalue weighted by Gasteiger charge is -2.11. The summed E-state index contributed by atoms with van der Waals surface area (Å²) < 4.78 is 9.84. The van der Waals surface area contributed by atoms with Gasteiger partial charge in [0.15, 0.2) is 5.75 Å². The van der Waals surface area contributed by atoms with E-state index in [1.807, 2.05) is 0 Å². The third kappa shape index (κ3) is 3.44. The minimum atomic E-state index is -0.484. The first kappa shape index (κ1) is 14.5. The molecule has 0 aliphatic heterocycles. The Labute approximate surface area is 114 Å². The molecule has 0 saturated carbocycles. The number of ether oxygens (including phenoxy) is 2. The first-order valence-corrected chi connectivity index (χ1v) is 6.69. The standard InChI is InChI=1S/C11H12Cl2O3S/c1-15-10-8(17-6-5-12)4-3-7(9(10)13)11(14)16-2/h3-4H,5-6H2,1-2H3. The zero-order valence-electron chi connectivity index (χ0n) is 9.46. The zero-order chi connectivity index (χ0) is 12.8. The monoisotopic (exact) mass is 294 g/mol. The maximum Gasteiger partial charge on any atom is 0.339 e. The molecule has 3 nitrogen and oxygen atoms in total. The van der Waals surface area contributed by atoms with Crippen LogP contribution in [0.1, 0.15) is 10.4 Å². The summed E-state index contributed by atoms with van der Waals surface area (Å²) in [5.41, 5.74) is 0.293. The van der Waals surface area contributed by atoms with Gasteiger partial charge in [-0.25, -0.2) is 4.79 Å². The van der Waals surface area contributed by atoms with Crippen LogP contribution in [0.4, 0.5) is 0 Å². The minimum Gasteiger partial charge on any atom is -0.494 e. The molecule has 0 aliphatic carbocycles. The number of benzene rings is 1. The van der Waals surface area contributed by atoms with Crippen molar-refractivity contribution < 1.29 is 14.3 Å². The summed E-state index contributed by atoms with van der Waals surface area (Å²) in [5.74, 6) is 1.27. The molecule has 0 bridgehead atoms. The SMILES string of the molecule is COC(=O)c1ccc(SCCCl)c(OC)c1Cl. The molecular formula is C11H12Cl2O3S. The lowest BCUT2D eigenvalue weighted by molar-refractivity contribution is 0.0600. The number of rotatable bonds is 5. The summed E-state index contributed by atoms with van der Waals surface area (Å²) in [5, 5.41) is 0.263. The number of carbonyl (C=O) groups excluding carboxylic acids is 1. The molecule has 0 N–H and O–H groups in total. The van der Waals surface area contributed by atoms with E-state index in [2.05, 4.69) is 4.74 Å². The van der Waals surface area contributed by atoms with Crippen LogP contribution in [0.3, 0.4) is 0 Å². The largest absolute Gasteiger partial charge is 0.494 e. The fraction of sp³-hybridized carbons (Fsp3) is 0.364. The van der Waals surface area contributed by atoms with E-state index in [1.54, 1.807) is 12.1 Å². The van der Waals surface area contributed by atoms with E-state index in [0.717, 1.165) is 10.6 Å². The Morgan fingerprint density at radius 2 is 2.12 bits per heavy atom. The molecule has 0 fully saturated rings. The number of halogens is 2. The molecule has 0 radical (unpaired) electrons. The van der Waals surface area contributed by atoms with Crippen LogP contribution in [0.25, 0.3) is 0 Å². The van der Waals surface area contributed by atoms with Gasteiger partial charge < -0.3 is 9.47 Å². The van der Waals surface area contributed by atoms with Gasteiger partial charge in [0, 0.05) is 11.6 Å². The number of hydrogen-bond donors (Lipinski definition) is 0. The van der Waals surface area contributed by atoms with E-state index >= 15 is 0 Å². The fourth-order valence-corrected chi connectivity index (χ4v) is 2.64. The van der Waals surface area contributed by atoms with Crippen LogP contribution in [0.5, 0.6) is 5.75 Å². The predicted octanol–water partition coefficient (Wildman–Crippen LogP) is 3.47. The highest BCUT2D eigenvalue weighted by Crippen LogP contribution is 2.38. The van der Waals surface area contributed by atoms with Gasteiger partial charge in [0.25, 0.3) is 0 Å². The molecule has 1 aromatic rings. The van der Waals surface area contributed by atoms with Gasteiger partial charge in [-0.15, -0.1) is 23.4 Å². The molecule has 0 heterocycles. The minimum absolute atomic E-state index is 0.263. The Balaban J connectivity index is 3.12. The lowest BCUT2D eigenvalue weighted by atomic mass is 10.2. The van der Waals surface area contributed by atoms with Crippen molar-refractivity contribution >= 4 is 40.9 Å². The summed E-state index contributed by atoms with van der Waals surface area (Å²) >= 11 is 13.2. The maximum absolute atomic E-state index is 11.4. The van der Waals surface area contributed by atoms with Crippen LogP contribution in [0.2, 0.25) is 5.02 Å². The summed E-state index contributed by atoms with van der Waals surface area (Å²) in [6, 6.07) is 3.39. The lowest BCUT2D eigenvalue weighted by Crippen LogP contribution is -2.03. The van der Waals surface area contributed by atoms with Crippen LogP contribution in [0.15, 0.2) is 17.0 Å². The van der Waals surface area contributed by atoms with Crippen LogP contribution in [0, 0.1) is 0 Å². The fourth-order valence-electron chi connectivity index (χ4n) is 1.26. The average Bonchev–Trinajstić information content (AvgIpc) is 2.35. The van der Waals surface area contributed by atoms with Crippen molar-refractivity contribution in [2.75, 3.05) is 25.9 Å². The average molecular weight is 295 g/mol. The Kier molecular flexibility index (Phi) is 5.95. The number of carbonyl (C=O) groups is 1. The molecule has 1 aromatic carbocycles. The van der Waals surface area contributed by atoms with Crippen molar-refractivity contribution in [3.05, 3.63) is 22.7 Å². The van der Waals surface area contributed by atoms with Crippen molar-refractivity contribution in [3.63, 3.8) is 0 Å². The van der Waals surface area contributed by atoms with E-state index in [1.165, 1.54) is 26.0 Å². The molecule has 94 valence electrons. The van der Waals surface area contributed by atoms with Gasteiger partial charge in [-0.3, -0.25) is 0 Å². The van der Waals surface area contributed by atoms with Crippen molar-refractivity contribution in [1.29, 1.82) is 0 Å². The van der Waals surface area contributed by atoms with Crippen molar-refractivity contribution in [1.82, 2.24) is 0 Å². The van der Waals surface area contributed by atoms with Crippen LogP contribution >= 0.6 is 35.0 Å². The van der Waals surface area contributed by atoms with E-state index in [9.17, 15) is 4.79 Å². The van der Waals surface area contributed by atoms with Gasteiger partial charge in [-0.1, -0.05) is 11.6 Å². The number of esters is 1. The van der Waals surface area contributed by atoms with Gasteiger partial charge in [0.2, 0.25) is 0 Å². The van der Waals surface area contributed by atoms with Gasteiger partial charge in [-0.2, -0.15) is 0 Å². The molecule has 1 rings (SSSR count). The Morgan fingerprint density at radius 3 is 2.65 bits per heavy atom. The van der Waals surface area contributed by atoms with E-state index in [-0.39, 0.29) is 5.02 Å². The molecular weight excluding hydrogens is 283 g/mol. The zero-order valence-corrected chi connectivity index (χ0v) is 11.8. The van der Waals surface area contributed by atoms with E-state index < -0.39 is 5.97 Å². The molecule has 17 heavy (non-hydrogen) atoms. The molecule has 0 unspecified atom stereocenters.